The molecule has 1 aromatic carbocycles. The molecule has 1 amide bonds. The van der Waals surface area contributed by atoms with E-state index in [9.17, 15) is 4.79 Å². The molecule has 1 saturated heterocycles. The Kier molecular flexibility index (Phi) is 4.83. The predicted octanol–water partition coefficient (Wildman–Crippen LogP) is 2.51. The Bertz CT molecular complexity index is 725. The number of nitrogens with zero attached hydrogens (tertiary/aromatic N) is 2. The van der Waals surface area contributed by atoms with Crippen molar-refractivity contribution in [3.63, 3.8) is 0 Å². The fourth-order valence-corrected chi connectivity index (χ4v) is 3.96. The summed E-state index contributed by atoms with van der Waals surface area (Å²) >= 11 is 0. The molecular formula is C20H26N4O. The van der Waals surface area contributed by atoms with Crippen LogP contribution < -0.4 is 5.32 Å². The van der Waals surface area contributed by atoms with E-state index in [1.165, 1.54) is 12.0 Å². The number of carbonyl (C=O) groups is 1. The van der Waals surface area contributed by atoms with Crippen molar-refractivity contribution in [2.75, 3.05) is 26.2 Å². The van der Waals surface area contributed by atoms with Crippen molar-refractivity contribution in [2.24, 2.45) is 0 Å². The Morgan fingerprint density at radius 3 is 2.96 bits per heavy atom. The van der Waals surface area contributed by atoms with Crippen molar-refractivity contribution in [1.82, 2.24) is 20.2 Å². The molecule has 1 atom stereocenters. The number of aryl methyl sites for hydroxylation is 1. The number of rotatable bonds is 4. The number of H-pyrrole nitrogens is 1. The standard InChI is InChI=1S/C20H26N4O/c25-20-18-17(9-4-11-21-20)22-19(23-18)16-8-5-12-24(14-16)13-10-15-6-2-1-3-7-15/h1-3,6-7,16H,4-5,8-14H2,(H,21,25)(H,22,23). The molecule has 5 nitrogen and oxygen atoms in total. The summed E-state index contributed by atoms with van der Waals surface area (Å²) in [5.41, 5.74) is 3.03. The van der Waals surface area contributed by atoms with Crippen LogP contribution in [0.2, 0.25) is 0 Å². The van der Waals surface area contributed by atoms with Crippen LogP contribution in [0.5, 0.6) is 0 Å². The number of aromatic amines is 1. The Labute approximate surface area is 148 Å². The number of hydrogen-bond acceptors (Lipinski definition) is 3. The van der Waals surface area contributed by atoms with Gasteiger partial charge in [0, 0.05) is 31.2 Å². The Morgan fingerprint density at radius 2 is 2.08 bits per heavy atom. The number of nitrogens with one attached hydrogen (secondary N) is 2. The second-order valence-corrected chi connectivity index (χ2v) is 7.18. The van der Waals surface area contributed by atoms with Crippen LogP contribution in [0.1, 0.15) is 52.8 Å². The first-order chi connectivity index (χ1) is 12.3. The van der Waals surface area contributed by atoms with Gasteiger partial charge in [0.25, 0.3) is 5.91 Å². The average molecular weight is 338 g/mol. The van der Waals surface area contributed by atoms with Crippen molar-refractivity contribution in [3.05, 3.63) is 53.1 Å². The number of benzene rings is 1. The molecule has 2 aromatic rings. The van der Waals surface area contributed by atoms with E-state index in [-0.39, 0.29) is 5.91 Å². The molecule has 0 aliphatic carbocycles. The number of hydrogen-bond donors (Lipinski definition) is 2. The van der Waals surface area contributed by atoms with Crippen molar-refractivity contribution >= 4 is 5.91 Å². The molecule has 25 heavy (non-hydrogen) atoms. The van der Waals surface area contributed by atoms with Crippen LogP contribution in [0.4, 0.5) is 0 Å². The molecule has 5 heteroatoms. The third-order valence-corrected chi connectivity index (χ3v) is 5.35. The third kappa shape index (κ3) is 3.76. The summed E-state index contributed by atoms with van der Waals surface area (Å²) in [6.07, 6.45) is 5.32. The van der Waals surface area contributed by atoms with E-state index in [1.54, 1.807) is 0 Å². The monoisotopic (exact) mass is 338 g/mol. The Morgan fingerprint density at radius 1 is 1.20 bits per heavy atom. The molecule has 2 N–H and O–H groups in total. The lowest BCUT2D eigenvalue weighted by Gasteiger charge is -2.31. The molecule has 0 bridgehead atoms. The number of fused-ring (bicyclic) bond motifs is 1. The summed E-state index contributed by atoms with van der Waals surface area (Å²) in [6, 6.07) is 10.7. The summed E-state index contributed by atoms with van der Waals surface area (Å²) in [4.78, 5) is 22.8. The molecule has 1 unspecified atom stereocenters. The quantitative estimate of drug-likeness (QED) is 0.900. The molecule has 2 aliphatic heterocycles. The topological polar surface area (TPSA) is 61.0 Å². The highest BCUT2D eigenvalue weighted by Gasteiger charge is 2.27. The molecule has 0 saturated carbocycles. The maximum absolute atomic E-state index is 12.1. The highest BCUT2D eigenvalue weighted by Crippen LogP contribution is 2.26. The van der Waals surface area contributed by atoms with Gasteiger partial charge in [0.1, 0.15) is 11.5 Å². The molecule has 1 aromatic heterocycles. The third-order valence-electron chi connectivity index (χ3n) is 5.35. The maximum Gasteiger partial charge on any atom is 0.271 e. The summed E-state index contributed by atoms with van der Waals surface area (Å²) in [6.45, 7) is 4.02. The minimum absolute atomic E-state index is 0.0215. The van der Waals surface area contributed by atoms with Gasteiger partial charge >= 0.3 is 0 Å². The van der Waals surface area contributed by atoms with Gasteiger partial charge in [0.15, 0.2) is 0 Å². The predicted molar refractivity (Wildman–Crippen MR) is 97.8 cm³/mol. The minimum atomic E-state index is -0.0215. The summed E-state index contributed by atoms with van der Waals surface area (Å²) in [5.74, 6) is 1.39. The number of likely N-dealkylation sites (tertiary alicyclic amines) is 1. The maximum atomic E-state index is 12.1. The summed E-state index contributed by atoms with van der Waals surface area (Å²) in [7, 11) is 0. The van der Waals surface area contributed by atoms with Crippen molar-refractivity contribution in [3.8, 4) is 0 Å². The van der Waals surface area contributed by atoms with E-state index in [0.29, 0.717) is 11.6 Å². The second kappa shape index (κ2) is 7.40. The van der Waals surface area contributed by atoms with Crippen LogP contribution in [0.25, 0.3) is 0 Å². The zero-order valence-electron chi connectivity index (χ0n) is 14.6. The second-order valence-electron chi connectivity index (χ2n) is 7.18. The number of aromatic nitrogens is 2. The zero-order chi connectivity index (χ0) is 17.1. The molecule has 2 aliphatic rings. The largest absolute Gasteiger partial charge is 0.351 e. The normalized spacial score (nSPS) is 21.4. The first-order valence-electron chi connectivity index (χ1n) is 9.43. The molecule has 4 rings (SSSR count). The molecule has 3 heterocycles. The van der Waals surface area contributed by atoms with Crippen LogP contribution in [0.3, 0.4) is 0 Å². The molecule has 0 spiro atoms. The van der Waals surface area contributed by atoms with Crippen molar-refractivity contribution in [2.45, 2.75) is 38.0 Å². The molecule has 0 radical (unpaired) electrons. The van der Waals surface area contributed by atoms with Gasteiger partial charge in [-0.2, -0.15) is 0 Å². The van der Waals surface area contributed by atoms with Gasteiger partial charge in [0.05, 0.1) is 0 Å². The fourth-order valence-electron chi connectivity index (χ4n) is 3.96. The van der Waals surface area contributed by atoms with E-state index < -0.39 is 0 Å². The van der Waals surface area contributed by atoms with Gasteiger partial charge in [-0.05, 0) is 44.2 Å². The lowest BCUT2D eigenvalue weighted by atomic mass is 9.97. The number of carbonyl (C=O) groups excluding carboxylic acids is 1. The summed E-state index contributed by atoms with van der Waals surface area (Å²) in [5, 5.41) is 2.93. The van der Waals surface area contributed by atoms with Crippen molar-refractivity contribution < 1.29 is 4.79 Å². The first-order valence-corrected chi connectivity index (χ1v) is 9.43. The highest BCUT2D eigenvalue weighted by molar-refractivity contribution is 5.93. The summed E-state index contributed by atoms with van der Waals surface area (Å²) < 4.78 is 0. The SMILES string of the molecule is O=C1NCCCc2[nH]c(C3CCCN(CCc4ccccc4)C3)nc21. The molecule has 1 fully saturated rings. The molecular weight excluding hydrogens is 312 g/mol. The Hall–Kier alpha value is -2.14. The van der Waals surface area contributed by atoms with Crippen LogP contribution in [0.15, 0.2) is 30.3 Å². The minimum Gasteiger partial charge on any atom is -0.351 e. The lowest BCUT2D eigenvalue weighted by molar-refractivity contribution is 0.0951. The number of amides is 1. The van der Waals surface area contributed by atoms with Gasteiger partial charge in [-0.1, -0.05) is 30.3 Å². The molecule has 132 valence electrons. The van der Waals surface area contributed by atoms with Crippen LogP contribution in [-0.4, -0.2) is 47.0 Å². The Balaban J connectivity index is 1.41. The smallest absolute Gasteiger partial charge is 0.271 e. The number of piperidine rings is 1. The van der Waals surface area contributed by atoms with Gasteiger partial charge in [-0.15, -0.1) is 0 Å². The average Bonchev–Trinajstić information content (AvgIpc) is 3.01. The van der Waals surface area contributed by atoms with Crippen LogP contribution in [-0.2, 0) is 12.8 Å². The van der Waals surface area contributed by atoms with Crippen LogP contribution in [0, 0.1) is 0 Å². The lowest BCUT2D eigenvalue weighted by Crippen LogP contribution is -2.36. The first kappa shape index (κ1) is 16.3. The van der Waals surface area contributed by atoms with E-state index in [1.807, 2.05) is 0 Å². The van der Waals surface area contributed by atoms with E-state index in [2.05, 4.69) is 50.5 Å². The number of imidazole rings is 1. The fraction of sp³-hybridized carbons (Fsp3) is 0.500. The van der Waals surface area contributed by atoms with Gasteiger partial charge in [0.2, 0.25) is 0 Å². The van der Waals surface area contributed by atoms with Gasteiger partial charge in [-0.3, -0.25) is 4.79 Å². The van der Waals surface area contributed by atoms with Gasteiger partial charge in [-0.25, -0.2) is 4.98 Å². The van der Waals surface area contributed by atoms with Crippen LogP contribution >= 0.6 is 0 Å². The van der Waals surface area contributed by atoms with Gasteiger partial charge < -0.3 is 15.2 Å². The highest BCUT2D eigenvalue weighted by atomic mass is 16.1. The van der Waals surface area contributed by atoms with E-state index >= 15 is 0 Å². The zero-order valence-corrected chi connectivity index (χ0v) is 14.6. The van der Waals surface area contributed by atoms with Crippen molar-refractivity contribution in [1.29, 1.82) is 0 Å². The van der Waals surface area contributed by atoms with E-state index in [4.69, 9.17) is 0 Å². The van der Waals surface area contributed by atoms with E-state index in [0.717, 1.165) is 63.4 Å².